The second-order valence-corrected chi connectivity index (χ2v) is 5.96. The molecule has 106 valence electrons. The topological polar surface area (TPSA) is 47.7 Å². The zero-order chi connectivity index (χ0) is 13.0. The fourth-order valence-corrected chi connectivity index (χ4v) is 2.89. The van der Waals surface area contributed by atoms with Crippen LogP contribution in [0.4, 0.5) is 0 Å². The monoisotopic (exact) mass is 256 g/mol. The summed E-state index contributed by atoms with van der Waals surface area (Å²) < 4.78 is 11.8. The number of hydrogen-bond donors (Lipinski definition) is 1. The smallest absolute Gasteiger partial charge is 0.0935 e. The molecule has 0 aromatic heterocycles. The summed E-state index contributed by atoms with van der Waals surface area (Å²) >= 11 is 0. The van der Waals surface area contributed by atoms with E-state index in [0.717, 1.165) is 45.6 Å². The minimum atomic E-state index is 0.235. The molecule has 4 nitrogen and oxygen atoms in total. The van der Waals surface area contributed by atoms with Crippen LogP contribution in [0.2, 0.25) is 0 Å². The van der Waals surface area contributed by atoms with Gasteiger partial charge in [0, 0.05) is 25.2 Å². The molecular weight excluding hydrogens is 228 g/mol. The van der Waals surface area contributed by atoms with Crippen molar-refractivity contribution in [1.29, 1.82) is 0 Å². The van der Waals surface area contributed by atoms with Gasteiger partial charge in [0.1, 0.15) is 0 Å². The van der Waals surface area contributed by atoms with Crippen LogP contribution in [-0.2, 0) is 9.47 Å². The molecule has 2 rings (SSSR count). The average molecular weight is 256 g/mol. The van der Waals surface area contributed by atoms with Gasteiger partial charge in [0.2, 0.25) is 0 Å². The number of morpholine rings is 1. The number of hydrogen-bond acceptors (Lipinski definition) is 4. The highest BCUT2D eigenvalue weighted by atomic mass is 16.5. The van der Waals surface area contributed by atoms with Crippen LogP contribution in [0.5, 0.6) is 0 Å². The van der Waals surface area contributed by atoms with Gasteiger partial charge in [-0.3, -0.25) is 4.90 Å². The first kappa shape index (κ1) is 14.3. The number of ether oxygens (including phenoxy) is 2. The molecule has 1 aliphatic carbocycles. The Bertz CT molecular complexity index is 248. The third-order valence-electron chi connectivity index (χ3n) is 4.08. The van der Waals surface area contributed by atoms with Crippen LogP contribution in [0.1, 0.15) is 39.5 Å². The summed E-state index contributed by atoms with van der Waals surface area (Å²) in [5, 5.41) is 0. The van der Waals surface area contributed by atoms with Gasteiger partial charge in [0.15, 0.2) is 0 Å². The molecule has 0 spiro atoms. The quantitative estimate of drug-likeness (QED) is 0.825. The minimum Gasteiger partial charge on any atom is -0.375 e. The first-order chi connectivity index (χ1) is 8.65. The molecule has 2 aliphatic rings. The van der Waals surface area contributed by atoms with Gasteiger partial charge < -0.3 is 15.2 Å². The summed E-state index contributed by atoms with van der Waals surface area (Å²) in [6.07, 6.45) is 5.12. The largest absolute Gasteiger partial charge is 0.375 e. The molecule has 0 radical (unpaired) electrons. The molecule has 0 aromatic carbocycles. The van der Waals surface area contributed by atoms with Crippen molar-refractivity contribution in [3.05, 3.63) is 0 Å². The number of rotatable bonds is 4. The predicted octanol–water partition coefficient (Wildman–Crippen LogP) is 1.38. The average Bonchev–Trinajstić information content (AvgIpc) is 2.37. The van der Waals surface area contributed by atoms with E-state index in [1.807, 2.05) is 0 Å². The summed E-state index contributed by atoms with van der Waals surface area (Å²) in [5.74, 6) is 0. The minimum absolute atomic E-state index is 0.235. The van der Waals surface area contributed by atoms with Crippen molar-refractivity contribution in [3.8, 4) is 0 Å². The van der Waals surface area contributed by atoms with E-state index >= 15 is 0 Å². The lowest BCUT2D eigenvalue weighted by atomic mass is 9.93. The molecule has 3 unspecified atom stereocenters. The molecular formula is C14H28N2O2. The zero-order valence-electron chi connectivity index (χ0n) is 11.8. The Labute approximate surface area is 111 Å². The van der Waals surface area contributed by atoms with Crippen molar-refractivity contribution >= 4 is 0 Å². The van der Waals surface area contributed by atoms with Gasteiger partial charge >= 0.3 is 0 Å². The van der Waals surface area contributed by atoms with E-state index in [4.69, 9.17) is 15.2 Å². The standard InChI is InChI=1S/C14H28N2O2/c1-11(2)16-6-7-17-14(9-16)10-18-13-5-3-4-12(15)8-13/h11-14H,3-10,15H2,1-2H3. The van der Waals surface area contributed by atoms with Crippen LogP contribution in [0.3, 0.4) is 0 Å². The Morgan fingerprint density at radius 1 is 1.39 bits per heavy atom. The van der Waals surface area contributed by atoms with Crippen LogP contribution in [-0.4, -0.2) is 55.5 Å². The van der Waals surface area contributed by atoms with Crippen molar-refractivity contribution in [2.24, 2.45) is 5.73 Å². The van der Waals surface area contributed by atoms with Crippen molar-refractivity contribution in [2.75, 3.05) is 26.3 Å². The third-order valence-corrected chi connectivity index (χ3v) is 4.08. The summed E-state index contributed by atoms with van der Waals surface area (Å²) in [4.78, 5) is 2.46. The van der Waals surface area contributed by atoms with E-state index in [1.165, 1.54) is 6.42 Å². The Morgan fingerprint density at radius 2 is 2.22 bits per heavy atom. The maximum Gasteiger partial charge on any atom is 0.0935 e. The van der Waals surface area contributed by atoms with Gasteiger partial charge in [0.25, 0.3) is 0 Å². The summed E-state index contributed by atoms with van der Waals surface area (Å²) in [7, 11) is 0. The van der Waals surface area contributed by atoms with E-state index in [-0.39, 0.29) is 6.10 Å². The SMILES string of the molecule is CC(C)N1CCOC(COC2CCCC(N)C2)C1. The lowest BCUT2D eigenvalue weighted by Gasteiger charge is -2.36. The lowest BCUT2D eigenvalue weighted by Crippen LogP contribution is -2.47. The van der Waals surface area contributed by atoms with Crippen molar-refractivity contribution in [3.63, 3.8) is 0 Å². The molecule has 0 aromatic rings. The van der Waals surface area contributed by atoms with Gasteiger partial charge in [-0.15, -0.1) is 0 Å². The molecule has 2 fully saturated rings. The molecule has 2 N–H and O–H groups in total. The summed E-state index contributed by atoms with van der Waals surface area (Å²) in [6, 6.07) is 0.933. The van der Waals surface area contributed by atoms with Gasteiger partial charge in [-0.2, -0.15) is 0 Å². The maximum absolute atomic E-state index is 5.99. The van der Waals surface area contributed by atoms with Crippen LogP contribution >= 0.6 is 0 Å². The normalized spacial score (nSPS) is 35.0. The Morgan fingerprint density at radius 3 is 2.94 bits per heavy atom. The summed E-state index contributed by atoms with van der Waals surface area (Å²) in [6.45, 7) is 8.07. The van der Waals surface area contributed by atoms with Crippen LogP contribution in [0.25, 0.3) is 0 Å². The Kier molecular flexibility index (Phi) is 5.42. The summed E-state index contributed by atoms with van der Waals surface area (Å²) in [5.41, 5.74) is 5.98. The van der Waals surface area contributed by atoms with Crippen molar-refractivity contribution < 1.29 is 9.47 Å². The van der Waals surface area contributed by atoms with E-state index in [0.29, 0.717) is 18.2 Å². The van der Waals surface area contributed by atoms with Crippen LogP contribution < -0.4 is 5.73 Å². The van der Waals surface area contributed by atoms with E-state index in [1.54, 1.807) is 0 Å². The first-order valence-corrected chi connectivity index (χ1v) is 7.38. The Hall–Kier alpha value is -0.160. The third kappa shape index (κ3) is 4.19. The van der Waals surface area contributed by atoms with E-state index in [9.17, 15) is 0 Å². The predicted molar refractivity (Wildman–Crippen MR) is 72.6 cm³/mol. The van der Waals surface area contributed by atoms with Gasteiger partial charge in [-0.05, 0) is 39.5 Å². The fourth-order valence-electron chi connectivity index (χ4n) is 2.89. The van der Waals surface area contributed by atoms with E-state index in [2.05, 4.69) is 18.7 Å². The molecule has 1 saturated heterocycles. The molecule has 18 heavy (non-hydrogen) atoms. The highest BCUT2D eigenvalue weighted by molar-refractivity contribution is 4.78. The molecule has 3 atom stereocenters. The molecule has 1 saturated carbocycles. The number of nitrogens with two attached hydrogens (primary N) is 1. The van der Waals surface area contributed by atoms with Gasteiger partial charge in [0.05, 0.1) is 25.4 Å². The maximum atomic E-state index is 5.99. The molecule has 4 heteroatoms. The first-order valence-electron chi connectivity index (χ1n) is 7.38. The van der Waals surface area contributed by atoms with Gasteiger partial charge in [-0.1, -0.05) is 0 Å². The van der Waals surface area contributed by atoms with Crippen LogP contribution in [0.15, 0.2) is 0 Å². The highest BCUT2D eigenvalue weighted by Crippen LogP contribution is 2.20. The molecule has 1 aliphatic heterocycles. The fraction of sp³-hybridized carbons (Fsp3) is 1.00. The second kappa shape index (κ2) is 6.85. The van der Waals surface area contributed by atoms with E-state index < -0.39 is 0 Å². The molecule has 0 amide bonds. The number of nitrogens with zero attached hydrogens (tertiary/aromatic N) is 1. The van der Waals surface area contributed by atoms with Crippen molar-refractivity contribution in [1.82, 2.24) is 4.90 Å². The Balaban J connectivity index is 1.69. The zero-order valence-corrected chi connectivity index (χ0v) is 11.8. The van der Waals surface area contributed by atoms with Gasteiger partial charge in [-0.25, -0.2) is 0 Å². The lowest BCUT2D eigenvalue weighted by molar-refractivity contribution is -0.0958. The highest BCUT2D eigenvalue weighted by Gasteiger charge is 2.25. The van der Waals surface area contributed by atoms with Crippen LogP contribution in [0, 0.1) is 0 Å². The second-order valence-electron chi connectivity index (χ2n) is 5.96. The van der Waals surface area contributed by atoms with Crippen molar-refractivity contribution in [2.45, 2.75) is 63.8 Å². The molecule has 1 heterocycles. The molecule has 0 bridgehead atoms.